The number of pyridine rings is 1. The number of aromatic nitrogens is 4. The van der Waals surface area contributed by atoms with Crippen molar-refractivity contribution in [1.29, 1.82) is 0 Å². The highest BCUT2D eigenvalue weighted by Crippen LogP contribution is 1.99. The monoisotopic (exact) mass is 267 g/mol. The third-order valence-corrected chi connectivity index (χ3v) is 2.88. The summed E-state index contributed by atoms with van der Waals surface area (Å²) in [5.74, 6) is 0. The second kappa shape index (κ2) is 5.58. The van der Waals surface area contributed by atoms with Crippen molar-refractivity contribution >= 4 is 5.65 Å². The first-order valence-electron chi connectivity index (χ1n) is 6.26. The number of hydrogen-bond acceptors (Lipinski definition) is 5. The lowest BCUT2D eigenvalue weighted by atomic mass is 10.3. The van der Waals surface area contributed by atoms with Crippen LogP contribution >= 0.6 is 0 Å². The quantitative estimate of drug-likeness (QED) is 0.756. The molecule has 0 bridgehead atoms. The largest absolute Gasteiger partial charge is 0.305 e. The van der Waals surface area contributed by atoms with Gasteiger partial charge in [-0.15, -0.1) is 0 Å². The summed E-state index contributed by atoms with van der Waals surface area (Å²) in [5.41, 5.74) is 2.20. The summed E-state index contributed by atoms with van der Waals surface area (Å²) in [6, 6.07) is 8.87. The molecule has 0 saturated carbocycles. The van der Waals surface area contributed by atoms with Crippen LogP contribution in [0.1, 0.15) is 11.4 Å². The standard InChI is InChI=1S/C14H13N5O/c20-14-7-12(18-13-3-1-2-6-19(13)14)9-16-8-11-4-5-15-10-17-11/h1-7,10,16H,8-9H2. The van der Waals surface area contributed by atoms with Crippen LogP contribution in [-0.4, -0.2) is 19.4 Å². The van der Waals surface area contributed by atoms with Gasteiger partial charge in [0.05, 0.1) is 11.4 Å². The van der Waals surface area contributed by atoms with E-state index in [1.54, 1.807) is 18.5 Å². The Morgan fingerprint density at radius 1 is 1.15 bits per heavy atom. The Bertz CT molecular complexity index is 769. The van der Waals surface area contributed by atoms with Gasteiger partial charge in [-0.25, -0.2) is 15.0 Å². The molecule has 0 spiro atoms. The molecule has 0 unspecified atom stereocenters. The van der Waals surface area contributed by atoms with Crippen molar-refractivity contribution in [1.82, 2.24) is 24.7 Å². The Morgan fingerprint density at radius 3 is 2.90 bits per heavy atom. The summed E-state index contributed by atoms with van der Waals surface area (Å²) < 4.78 is 1.52. The molecule has 1 N–H and O–H groups in total. The summed E-state index contributed by atoms with van der Waals surface area (Å²) in [5, 5.41) is 3.21. The summed E-state index contributed by atoms with van der Waals surface area (Å²) in [4.78, 5) is 24.3. The van der Waals surface area contributed by atoms with E-state index in [9.17, 15) is 4.79 Å². The summed E-state index contributed by atoms with van der Waals surface area (Å²) in [6.07, 6.45) is 4.92. The Hall–Kier alpha value is -2.60. The van der Waals surface area contributed by atoms with Crippen molar-refractivity contribution in [2.75, 3.05) is 0 Å². The van der Waals surface area contributed by atoms with E-state index in [1.165, 1.54) is 10.7 Å². The first-order valence-corrected chi connectivity index (χ1v) is 6.26. The molecule has 0 atom stereocenters. The van der Waals surface area contributed by atoms with Gasteiger partial charge in [-0.2, -0.15) is 0 Å². The smallest absolute Gasteiger partial charge is 0.258 e. The van der Waals surface area contributed by atoms with Crippen LogP contribution in [-0.2, 0) is 13.1 Å². The average molecular weight is 267 g/mol. The van der Waals surface area contributed by atoms with E-state index in [0.717, 1.165) is 11.4 Å². The highest BCUT2D eigenvalue weighted by Gasteiger charge is 2.01. The van der Waals surface area contributed by atoms with Crippen molar-refractivity contribution in [2.45, 2.75) is 13.1 Å². The SMILES string of the molecule is O=c1cc(CNCc2ccncn2)nc2ccccn12. The zero-order valence-electron chi connectivity index (χ0n) is 10.7. The second-order valence-corrected chi connectivity index (χ2v) is 4.32. The molecule has 0 amide bonds. The van der Waals surface area contributed by atoms with Gasteiger partial charge in [0, 0.05) is 31.5 Å². The van der Waals surface area contributed by atoms with Gasteiger partial charge in [-0.1, -0.05) is 6.07 Å². The van der Waals surface area contributed by atoms with Crippen LogP contribution < -0.4 is 10.9 Å². The second-order valence-electron chi connectivity index (χ2n) is 4.32. The molecule has 0 aliphatic carbocycles. The van der Waals surface area contributed by atoms with Gasteiger partial charge in [-0.3, -0.25) is 9.20 Å². The highest BCUT2D eigenvalue weighted by molar-refractivity contribution is 5.37. The van der Waals surface area contributed by atoms with E-state index < -0.39 is 0 Å². The minimum Gasteiger partial charge on any atom is -0.305 e. The summed E-state index contributed by atoms with van der Waals surface area (Å²) in [7, 11) is 0. The van der Waals surface area contributed by atoms with Gasteiger partial charge in [0.2, 0.25) is 0 Å². The van der Waals surface area contributed by atoms with Crippen molar-refractivity contribution in [3.63, 3.8) is 0 Å². The minimum absolute atomic E-state index is 0.0746. The zero-order chi connectivity index (χ0) is 13.8. The summed E-state index contributed by atoms with van der Waals surface area (Å²) >= 11 is 0. The predicted octanol–water partition coefficient (Wildman–Crippen LogP) is 0.774. The van der Waals surface area contributed by atoms with Crippen LogP contribution in [0.3, 0.4) is 0 Å². The van der Waals surface area contributed by atoms with E-state index in [4.69, 9.17) is 0 Å². The van der Waals surface area contributed by atoms with Crippen LogP contribution in [0.2, 0.25) is 0 Å². The van der Waals surface area contributed by atoms with Crippen LogP contribution in [0.4, 0.5) is 0 Å². The molecule has 0 aromatic carbocycles. The summed E-state index contributed by atoms with van der Waals surface area (Å²) in [6.45, 7) is 1.13. The molecule has 3 rings (SSSR count). The molecule has 6 nitrogen and oxygen atoms in total. The number of fused-ring (bicyclic) bond motifs is 1. The van der Waals surface area contributed by atoms with Gasteiger partial charge in [0.1, 0.15) is 12.0 Å². The van der Waals surface area contributed by atoms with E-state index in [2.05, 4.69) is 20.3 Å². The lowest BCUT2D eigenvalue weighted by Gasteiger charge is -2.05. The molecule has 0 aliphatic rings. The van der Waals surface area contributed by atoms with E-state index in [-0.39, 0.29) is 5.56 Å². The molecule has 100 valence electrons. The van der Waals surface area contributed by atoms with Crippen LogP contribution in [0.15, 0.2) is 53.8 Å². The molecule has 3 heterocycles. The van der Waals surface area contributed by atoms with E-state index in [0.29, 0.717) is 18.7 Å². The van der Waals surface area contributed by atoms with Crippen LogP contribution in [0, 0.1) is 0 Å². The number of rotatable bonds is 4. The first-order chi connectivity index (χ1) is 9.83. The molecular formula is C14H13N5O. The first kappa shape index (κ1) is 12.4. The molecule has 6 heteroatoms. The Labute approximate surface area is 115 Å². The van der Waals surface area contributed by atoms with Crippen LogP contribution in [0.5, 0.6) is 0 Å². The average Bonchev–Trinajstić information content (AvgIpc) is 2.48. The maximum Gasteiger partial charge on any atom is 0.258 e. The Balaban J connectivity index is 1.73. The maximum absolute atomic E-state index is 11.9. The molecule has 3 aromatic rings. The van der Waals surface area contributed by atoms with Gasteiger partial charge >= 0.3 is 0 Å². The normalized spacial score (nSPS) is 10.8. The molecule has 0 saturated heterocycles. The maximum atomic E-state index is 11.9. The number of hydrogen-bond donors (Lipinski definition) is 1. The van der Waals surface area contributed by atoms with Gasteiger partial charge in [0.15, 0.2) is 0 Å². The molecule has 0 radical (unpaired) electrons. The zero-order valence-corrected chi connectivity index (χ0v) is 10.7. The Morgan fingerprint density at radius 2 is 2.05 bits per heavy atom. The third kappa shape index (κ3) is 2.70. The molecule has 20 heavy (non-hydrogen) atoms. The van der Waals surface area contributed by atoms with E-state index >= 15 is 0 Å². The minimum atomic E-state index is -0.0746. The lowest BCUT2D eigenvalue weighted by molar-refractivity contribution is 0.664. The number of nitrogens with one attached hydrogen (secondary N) is 1. The fourth-order valence-corrected chi connectivity index (χ4v) is 1.93. The molecule has 0 aliphatic heterocycles. The van der Waals surface area contributed by atoms with Gasteiger partial charge in [0.25, 0.3) is 5.56 Å². The third-order valence-electron chi connectivity index (χ3n) is 2.88. The predicted molar refractivity (Wildman–Crippen MR) is 74.0 cm³/mol. The highest BCUT2D eigenvalue weighted by atomic mass is 16.1. The van der Waals surface area contributed by atoms with Crippen molar-refractivity contribution < 1.29 is 0 Å². The molecular weight excluding hydrogens is 254 g/mol. The van der Waals surface area contributed by atoms with E-state index in [1.807, 2.05) is 24.3 Å². The fraction of sp³-hybridized carbons (Fsp3) is 0.143. The number of nitrogens with zero attached hydrogens (tertiary/aromatic N) is 4. The fourth-order valence-electron chi connectivity index (χ4n) is 1.93. The van der Waals surface area contributed by atoms with Crippen molar-refractivity contribution in [3.8, 4) is 0 Å². The van der Waals surface area contributed by atoms with Gasteiger partial charge < -0.3 is 5.32 Å². The van der Waals surface area contributed by atoms with Crippen LogP contribution in [0.25, 0.3) is 5.65 Å². The lowest BCUT2D eigenvalue weighted by Crippen LogP contribution is -2.20. The van der Waals surface area contributed by atoms with Gasteiger partial charge in [-0.05, 0) is 18.2 Å². The molecule has 3 aromatic heterocycles. The topological polar surface area (TPSA) is 72.2 Å². The molecule has 0 fully saturated rings. The Kier molecular flexibility index (Phi) is 3.47. The van der Waals surface area contributed by atoms with Crippen molar-refractivity contribution in [2.24, 2.45) is 0 Å². The van der Waals surface area contributed by atoms with Crippen molar-refractivity contribution in [3.05, 3.63) is 70.8 Å².